The molecule has 0 spiro atoms. The molecule has 0 fully saturated rings. The Morgan fingerprint density at radius 2 is 0.542 bits per heavy atom. The lowest BCUT2D eigenvalue weighted by Gasteiger charge is -2.21. The number of phosphoric acid groups is 2. The zero-order valence-corrected chi connectivity index (χ0v) is 62.3. The van der Waals surface area contributed by atoms with Gasteiger partial charge < -0.3 is 33.8 Å². The van der Waals surface area contributed by atoms with Crippen LogP contribution in [0.5, 0.6) is 0 Å². The summed E-state index contributed by atoms with van der Waals surface area (Å²) in [5, 5.41) is 10.6. The Morgan fingerprint density at radius 3 is 0.854 bits per heavy atom. The normalized spacial score (nSPS) is 14.4. The summed E-state index contributed by atoms with van der Waals surface area (Å²) in [6.07, 6.45) is 70.1. The number of esters is 4. The molecule has 0 aromatic heterocycles. The quantitative estimate of drug-likeness (QED) is 0.0169. The second-order valence-corrected chi connectivity index (χ2v) is 28.1. The van der Waals surface area contributed by atoms with Gasteiger partial charge in [-0.1, -0.05) is 286 Å². The summed E-state index contributed by atoms with van der Waals surface area (Å²) in [7, 11) is -9.95. The van der Waals surface area contributed by atoms with Crippen molar-refractivity contribution in [3.05, 3.63) is 85.1 Å². The molecule has 0 amide bonds. The molecule has 0 heterocycles. The molecule has 0 saturated heterocycles. The molecule has 19 heteroatoms. The zero-order valence-electron chi connectivity index (χ0n) is 60.5. The largest absolute Gasteiger partial charge is 0.472 e. The summed E-state index contributed by atoms with van der Waals surface area (Å²) < 4.78 is 68.4. The third kappa shape index (κ3) is 68.8. The number of phosphoric ester groups is 2. The van der Waals surface area contributed by atoms with Crippen LogP contribution in [0, 0.1) is 0 Å². The lowest BCUT2D eigenvalue weighted by molar-refractivity contribution is -0.161. The highest BCUT2D eigenvalue weighted by Crippen LogP contribution is 2.45. The fraction of sp³-hybridized carbons (Fsp3) is 0.766. The number of carbonyl (C=O) groups excluding carboxylic acids is 4. The van der Waals surface area contributed by atoms with Crippen molar-refractivity contribution < 1.29 is 80.2 Å². The molecule has 556 valence electrons. The molecule has 5 atom stereocenters. The van der Waals surface area contributed by atoms with Crippen molar-refractivity contribution in [3.8, 4) is 0 Å². The summed E-state index contributed by atoms with van der Waals surface area (Å²) in [5.41, 5.74) is 0. The van der Waals surface area contributed by atoms with Crippen LogP contribution in [0.1, 0.15) is 323 Å². The van der Waals surface area contributed by atoms with E-state index in [1.165, 1.54) is 96.3 Å². The number of hydrogen-bond donors (Lipinski definition) is 3. The summed E-state index contributed by atoms with van der Waals surface area (Å²) in [4.78, 5) is 72.7. The van der Waals surface area contributed by atoms with Crippen LogP contribution >= 0.6 is 15.6 Å². The maximum absolute atomic E-state index is 13.1. The highest BCUT2D eigenvalue weighted by molar-refractivity contribution is 7.47. The molecule has 0 aromatic rings. The molecular weight excluding hydrogens is 1260 g/mol. The van der Waals surface area contributed by atoms with Crippen LogP contribution in [0.25, 0.3) is 0 Å². The van der Waals surface area contributed by atoms with Crippen LogP contribution < -0.4 is 0 Å². The van der Waals surface area contributed by atoms with E-state index in [9.17, 15) is 43.2 Å². The number of hydrogen-bond acceptors (Lipinski definition) is 15. The second kappa shape index (κ2) is 69.7. The first-order chi connectivity index (χ1) is 46.7. The fourth-order valence-electron chi connectivity index (χ4n) is 10.2. The first-order valence-corrected chi connectivity index (χ1v) is 40.8. The van der Waals surface area contributed by atoms with Gasteiger partial charge in [-0.05, 0) is 96.3 Å². The topological polar surface area (TPSA) is 237 Å². The minimum atomic E-state index is -4.98. The van der Waals surface area contributed by atoms with E-state index in [-0.39, 0.29) is 25.7 Å². The van der Waals surface area contributed by atoms with Gasteiger partial charge >= 0.3 is 39.5 Å². The number of carbonyl (C=O) groups is 4. The van der Waals surface area contributed by atoms with E-state index < -0.39 is 97.5 Å². The Kier molecular flexibility index (Phi) is 67.0. The summed E-state index contributed by atoms with van der Waals surface area (Å²) in [6.45, 7) is 4.61. The van der Waals surface area contributed by atoms with E-state index in [0.717, 1.165) is 141 Å². The van der Waals surface area contributed by atoms with Crippen molar-refractivity contribution in [1.82, 2.24) is 0 Å². The van der Waals surface area contributed by atoms with Gasteiger partial charge in [-0.15, -0.1) is 0 Å². The number of allylic oxidation sites excluding steroid dienone is 14. The lowest BCUT2D eigenvalue weighted by Crippen LogP contribution is -2.30. The maximum atomic E-state index is 13.1. The van der Waals surface area contributed by atoms with E-state index in [2.05, 4.69) is 113 Å². The SMILES string of the molecule is CC/C=C\C/C=C\C/C=C\C/C=C\CCCCC(=O)OC(COC(=O)CCCCCCCCC/C=C\C/C=C\C/C=C\CC)COP(=O)(O)OCC(O)COP(=O)(O)OCC(COC(=O)CCCCCCCCCCCCCCC)OC(=O)CCCCCCCCCCCCC. The molecule has 17 nitrogen and oxygen atoms in total. The molecule has 0 aromatic carbocycles. The molecule has 0 bridgehead atoms. The van der Waals surface area contributed by atoms with Gasteiger partial charge in [-0.25, -0.2) is 9.13 Å². The van der Waals surface area contributed by atoms with Crippen LogP contribution in [0.15, 0.2) is 85.1 Å². The van der Waals surface area contributed by atoms with Crippen molar-refractivity contribution in [2.24, 2.45) is 0 Å². The Balaban J connectivity index is 5.34. The smallest absolute Gasteiger partial charge is 0.462 e. The number of aliphatic hydroxyl groups excluding tert-OH is 1. The van der Waals surface area contributed by atoms with Gasteiger partial charge in [0.1, 0.15) is 19.3 Å². The molecule has 96 heavy (non-hydrogen) atoms. The monoisotopic (exact) mass is 1390 g/mol. The van der Waals surface area contributed by atoms with Crippen LogP contribution in [0.2, 0.25) is 0 Å². The van der Waals surface area contributed by atoms with E-state index in [4.69, 9.17) is 37.0 Å². The Bertz CT molecular complexity index is 2160. The van der Waals surface area contributed by atoms with E-state index in [0.29, 0.717) is 32.1 Å². The molecule has 0 saturated carbocycles. The van der Waals surface area contributed by atoms with Gasteiger partial charge in [0.25, 0.3) is 0 Å². The van der Waals surface area contributed by atoms with Crippen molar-refractivity contribution >= 4 is 39.5 Å². The highest BCUT2D eigenvalue weighted by Gasteiger charge is 2.30. The highest BCUT2D eigenvalue weighted by atomic mass is 31.2. The van der Waals surface area contributed by atoms with Gasteiger partial charge in [0.2, 0.25) is 0 Å². The molecule has 3 N–H and O–H groups in total. The first-order valence-electron chi connectivity index (χ1n) is 37.8. The summed E-state index contributed by atoms with van der Waals surface area (Å²) in [6, 6.07) is 0. The number of rotatable bonds is 71. The minimum absolute atomic E-state index is 0.0416. The minimum Gasteiger partial charge on any atom is -0.462 e. The summed E-state index contributed by atoms with van der Waals surface area (Å²) in [5.74, 6) is -2.21. The predicted octanol–water partition coefficient (Wildman–Crippen LogP) is 21.4. The Labute approximate surface area is 583 Å². The third-order valence-electron chi connectivity index (χ3n) is 15.9. The summed E-state index contributed by atoms with van der Waals surface area (Å²) >= 11 is 0. The van der Waals surface area contributed by atoms with Crippen LogP contribution in [0.4, 0.5) is 0 Å². The fourth-order valence-corrected chi connectivity index (χ4v) is 11.7. The maximum Gasteiger partial charge on any atom is 0.472 e. The van der Waals surface area contributed by atoms with Gasteiger partial charge in [0, 0.05) is 25.7 Å². The van der Waals surface area contributed by atoms with Crippen LogP contribution in [-0.4, -0.2) is 96.7 Å². The van der Waals surface area contributed by atoms with Gasteiger partial charge in [0.05, 0.1) is 26.4 Å². The lowest BCUT2D eigenvalue weighted by atomic mass is 10.0. The van der Waals surface area contributed by atoms with Gasteiger partial charge in [0.15, 0.2) is 12.2 Å². The van der Waals surface area contributed by atoms with E-state index >= 15 is 0 Å². The third-order valence-corrected chi connectivity index (χ3v) is 17.8. The van der Waals surface area contributed by atoms with Crippen molar-refractivity contribution in [1.29, 1.82) is 0 Å². The van der Waals surface area contributed by atoms with Crippen molar-refractivity contribution in [2.75, 3.05) is 39.6 Å². The molecule has 5 unspecified atom stereocenters. The van der Waals surface area contributed by atoms with Gasteiger partial charge in [-0.3, -0.25) is 37.3 Å². The standard InChI is InChI=1S/C77H136O17P2/c1-5-9-13-17-21-25-29-32-34-35-37-39-43-46-50-54-58-62-75(80)88-68-73(94-77(82)64-60-56-52-48-44-40-36-33-30-26-22-18-14-10-6-2)70-92-96(85,86)90-66-71(78)65-89-95(83,84)91-69-72(93-76(81)63-59-55-51-47-41-28-24-20-16-12-8-4)67-87-74(79)61-57-53-49-45-42-38-31-27-23-19-15-11-7-3/h9-10,13-14,21-22,25-26,32-34,36,44,48,71-73,78H,5-8,11-12,15-20,23-24,27-31,35,37-43,45-47,49-70H2,1-4H3,(H,83,84)(H,85,86)/b13-9-,14-10-,25-21-,26-22-,34-32-,36-33-,48-44-. The molecule has 0 aliphatic rings. The van der Waals surface area contributed by atoms with E-state index in [1.807, 2.05) is 0 Å². The molecule has 0 aliphatic carbocycles. The van der Waals surface area contributed by atoms with Crippen molar-refractivity contribution in [3.63, 3.8) is 0 Å². The Hall–Kier alpha value is -3.76. The molecular formula is C77H136O17P2. The van der Waals surface area contributed by atoms with Crippen LogP contribution in [0.3, 0.4) is 0 Å². The predicted molar refractivity (Wildman–Crippen MR) is 390 cm³/mol. The molecule has 0 rings (SSSR count). The zero-order chi connectivity index (χ0) is 70.4. The molecule has 0 radical (unpaired) electrons. The Morgan fingerprint density at radius 1 is 0.302 bits per heavy atom. The van der Waals surface area contributed by atoms with Crippen LogP contribution in [-0.2, 0) is 65.4 Å². The average Bonchev–Trinajstić information content (AvgIpc) is 2.14. The van der Waals surface area contributed by atoms with Gasteiger partial charge in [-0.2, -0.15) is 0 Å². The van der Waals surface area contributed by atoms with E-state index in [1.54, 1.807) is 0 Å². The second-order valence-electron chi connectivity index (χ2n) is 25.2. The number of ether oxygens (including phenoxy) is 4. The number of unbranched alkanes of at least 4 members (excludes halogenated alkanes) is 31. The van der Waals surface area contributed by atoms with Crippen molar-refractivity contribution in [2.45, 2.75) is 341 Å². The molecule has 0 aliphatic heterocycles. The first kappa shape index (κ1) is 92.2. The average molecular weight is 1400 g/mol. The number of aliphatic hydroxyl groups is 1.